The van der Waals surface area contributed by atoms with Crippen molar-refractivity contribution in [3.05, 3.63) is 168 Å². The maximum absolute atomic E-state index is 10.6. The zero-order chi connectivity index (χ0) is 35.3. The van der Waals surface area contributed by atoms with Crippen LogP contribution in [-0.2, 0) is 0 Å². The van der Waals surface area contributed by atoms with Crippen LogP contribution in [0, 0.1) is 45.3 Å². The standard InChI is InChI=1S/C46H24N6/c47-25-29-13-17-45-40(21-29)41-22-30(26-48)14-18-46(41)51(45)35-20-31(27-49)19-33(24-35)36-16-15-32(23-34(36)28-50)37-7-1-4-10-42(37)52-43-11-5-2-8-38(43)39-9-3-6-12-44(39)52/h1-24H. The molecule has 9 aromatic rings. The molecule has 52 heavy (non-hydrogen) atoms. The van der Waals surface area contributed by atoms with Gasteiger partial charge in [-0.3, -0.25) is 0 Å². The fraction of sp³-hybridized carbons (Fsp3) is 0. The molecule has 0 N–H and O–H groups in total. The highest BCUT2D eigenvalue weighted by molar-refractivity contribution is 6.11. The van der Waals surface area contributed by atoms with Crippen molar-refractivity contribution in [1.29, 1.82) is 21.0 Å². The molecular weight excluding hydrogens is 637 g/mol. The van der Waals surface area contributed by atoms with Gasteiger partial charge in [0, 0.05) is 32.8 Å². The molecule has 7 aromatic carbocycles. The minimum Gasteiger partial charge on any atom is -0.309 e. The van der Waals surface area contributed by atoms with Gasteiger partial charge < -0.3 is 9.13 Å². The molecule has 0 aliphatic rings. The van der Waals surface area contributed by atoms with Crippen LogP contribution in [0.5, 0.6) is 0 Å². The van der Waals surface area contributed by atoms with E-state index < -0.39 is 0 Å². The molecule has 0 aliphatic carbocycles. The zero-order valence-corrected chi connectivity index (χ0v) is 27.5. The highest BCUT2D eigenvalue weighted by atomic mass is 15.0. The second kappa shape index (κ2) is 11.9. The second-order valence-electron chi connectivity index (χ2n) is 12.7. The van der Waals surface area contributed by atoms with Crippen molar-refractivity contribution in [2.75, 3.05) is 0 Å². The molecule has 0 unspecified atom stereocenters. The van der Waals surface area contributed by atoms with Gasteiger partial charge in [-0.15, -0.1) is 0 Å². The highest BCUT2D eigenvalue weighted by Crippen LogP contribution is 2.39. The molecule has 2 heterocycles. The summed E-state index contributed by atoms with van der Waals surface area (Å²) in [7, 11) is 0. The van der Waals surface area contributed by atoms with Crippen molar-refractivity contribution >= 4 is 43.6 Å². The summed E-state index contributed by atoms with van der Waals surface area (Å²) in [6, 6.07) is 56.7. The van der Waals surface area contributed by atoms with Gasteiger partial charge in [0.2, 0.25) is 0 Å². The van der Waals surface area contributed by atoms with Crippen LogP contribution in [0.15, 0.2) is 146 Å². The van der Waals surface area contributed by atoms with E-state index in [1.807, 2.05) is 71.3 Å². The van der Waals surface area contributed by atoms with Crippen molar-refractivity contribution in [2.24, 2.45) is 0 Å². The van der Waals surface area contributed by atoms with E-state index >= 15 is 0 Å². The summed E-state index contributed by atoms with van der Waals surface area (Å²) in [6.07, 6.45) is 0. The van der Waals surface area contributed by atoms with E-state index in [1.54, 1.807) is 18.2 Å². The third kappa shape index (κ3) is 4.62. The lowest BCUT2D eigenvalue weighted by Crippen LogP contribution is -1.98. The van der Waals surface area contributed by atoms with E-state index in [4.69, 9.17) is 0 Å². The van der Waals surface area contributed by atoms with Gasteiger partial charge in [0.1, 0.15) is 0 Å². The molecule has 0 amide bonds. The molecule has 0 spiro atoms. The van der Waals surface area contributed by atoms with E-state index in [9.17, 15) is 21.0 Å². The number of nitrogens with zero attached hydrogens (tertiary/aromatic N) is 6. The molecule has 0 fully saturated rings. The van der Waals surface area contributed by atoms with Crippen LogP contribution in [0.1, 0.15) is 22.3 Å². The number of hydrogen-bond acceptors (Lipinski definition) is 4. The Morgan fingerprint density at radius 2 is 0.942 bits per heavy atom. The van der Waals surface area contributed by atoms with Gasteiger partial charge in [-0.25, -0.2) is 0 Å². The lowest BCUT2D eigenvalue weighted by molar-refractivity contribution is 1.18. The maximum Gasteiger partial charge on any atom is 0.0998 e. The summed E-state index contributed by atoms with van der Waals surface area (Å²) in [5.74, 6) is 0. The summed E-state index contributed by atoms with van der Waals surface area (Å²) >= 11 is 0. The molecule has 6 heteroatoms. The third-order valence-corrected chi connectivity index (χ3v) is 9.82. The average molecular weight is 661 g/mol. The molecule has 0 atom stereocenters. The second-order valence-corrected chi connectivity index (χ2v) is 12.7. The SMILES string of the molecule is N#Cc1cc(-c2ccc(-c3ccccc3-n3c4ccccc4c4ccccc43)cc2C#N)cc(-n2c3ccc(C#N)cc3c3cc(C#N)ccc32)c1. The molecule has 9 rings (SSSR count). The molecular formula is C46H24N6. The predicted octanol–water partition coefficient (Wildman–Crippen LogP) is 10.7. The number of hydrogen-bond donors (Lipinski definition) is 0. The topological polar surface area (TPSA) is 105 Å². The van der Waals surface area contributed by atoms with Crippen molar-refractivity contribution in [3.63, 3.8) is 0 Å². The van der Waals surface area contributed by atoms with Crippen LogP contribution in [0.2, 0.25) is 0 Å². The van der Waals surface area contributed by atoms with E-state index in [2.05, 4.69) is 89.5 Å². The Labute approximate surface area is 298 Å². The fourth-order valence-electron chi connectivity index (χ4n) is 7.55. The van der Waals surface area contributed by atoms with E-state index in [0.29, 0.717) is 27.8 Å². The Morgan fingerprint density at radius 1 is 0.365 bits per heavy atom. The first-order chi connectivity index (χ1) is 25.6. The molecule has 0 bridgehead atoms. The monoisotopic (exact) mass is 660 g/mol. The Morgan fingerprint density at radius 3 is 1.56 bits per heavy atom. The summed E-state index contributed by atoms with van der Waals surface area (Å²) in [5, 5.41) is 44.1. The largest absolute Gasteiger partial charge is 0.309 e. The normalized spacial score (nSPS) is 11.0. The van der Waals surface area contributed by atoms with Gasteiger partial charge in [0.15, 0.2) is 0 Å². The summed E-state index contributed by atoms with van der Waals surface area (Å²) in [5.41, 5.74) is 10.9. The third-order valence-electron chi connectivity index (χ3n) is 9.82. The summed E-state index contributed by atoms with van der Waals surface area (Å²) in [4.78, 5) is 0. The summed E-state index contributed by atoms with van der Waals surface area (Å²) in [6.45, 7) is 0. The number of benzene rings is 7. The minimum atomic E-state index is 0.439. The lowest BCUT2D eigenvalue weighted by Gasteiger charge is -2.16. The van der Waals surface area contributed by atoms with Crippen LogP contribution in [-0.4, -0.2) is 9.13 Å². The van der Waals surface area contributed by atoms with E-state index in [-0.39, 0.29) is 0 Å². The van der Waals surface area contributed by atoms with Gasteiger partial charge in [-0.05, 0) is 95.6 Å². The first-order valence-corrected chi connectivity index (χ1v) is 16.7. The number of rotatable bonds is 4. The Bertz CT molecular complexity index is 3010. The molecule has 238 valence electrons. The molecule has 2 aromatic heterocycles. The van der Waals surface area contributed by atoms with Gasteiger partial charge in [-0.1, -0.05) is 66.7 Å². The van der Waals surface area contributed by atoms with Gasteiger partial charge in [-0.2, -0.15) is 21.0 Å². The van der Waals surface area contributed by atoms with E-state index in [0.717, 1.165) is 60.9 Å². The fourth-order valence-corrected chi connectivity index (χ4v) is 7.55. The van der Waals surface area contributed by atoms with Crippen molar-refractivity contribution in [3.8, 4) is 57.9 Å². The van der Waals surface area contributed by atoms with Crippen LogP contribution in [0.25, 0.3) is 77.2 Å². The Hall–Kier alpha value is -7.90. The molecule has 0 saturated carbocycles. The van der Waals surface area contributed by atoms with Crippen molar-refractivity contribution < 1.29 is 0 Å². The van der Waals surface area contributed by atoms with Crippen LogP contribution < -0.4 is 0 Å². The lowest BCUT2D eigenvalue weighted by atomic mass is 9.93. The number of para-hydroxylation sites is 3. The molecule has 0 aliphatic heterocycles. The first kappa shape index (κ1) is 30.2. The van der Waals surface area contributed by atoms with Crippen LogP contribution >= 0.6 is 0 Å². The van der Waals surface area contributed by atoms with Crippen LogP contribution in [0.3, 0.4) is 0 Å². The first-order valence-electron chi connectivity index (χ1n) is 16.7. The van der Waals surface area contributed by atoms with Crippen molar-refractivity contribution in [2.45, 2.75) is 0 Å². The van der Waals surface area contributed by atoms with Gasteiger partial charge in [0.25, 0.3) is 0 Å². The Balaban J connectivity index is 1.22. The predicted molar refractivity (Wildman–Crippen MR) is 205 cm³/mol. The minimum absolute atomic E-state index is 0.439. The quantitative estimate of drug-likeness (QED) is 0.187. The average Bonchev–Trinajstić information content (AvgIpc) is 3.72. The number of nitriles is 4. The van der Waals surface area contributed by atoms with Gasteiger partial charge >= 0.3 is 0 Å². The number of fused-ring (bicyclic) bond motifs is 6. The smallest absolute Gasteiger partial charge is 0.0998 e. The molecule has 6 nitrogen and oxygen atoms in total. The highest BCUT2D eigenvalue weighted by Gasteiger charge is 2.19. The summed E-state index contributed by atoms with van der Waals surface area (Å²) < 4.78 is 4.33. The van der Waals surface area contributed by atoms with Crippen LogP contribution in [0.4, 0.5) is 0 Å². The maximum atomic E-state index is 10.6. The number of aromatic nitrogens is 2. The van der Waals surface area contributed by atoms with E-state index in [1.165, 1.54) is 10.8 Å². The van der Waals surface area contributed by atoms with Crippen molar-refractivity contribution in [1.82, 2.24) is 9.13 Å². The Kier molecular flexibility index (Phi) is 6.91. The molecule has 0 saturated heterocycles. The molecule has 0 radical (unpaired) electrons. The zero-order valence-electron chi connectivity index (χ0n) is 27.5. The van der Waals surface area contributed by atoms with Gasteiger partial charge in [0.05, 0.1) is 74.3 Å².